The van der Waals surface area contributed by atoms with E-state index in [1.165, 1.54) is 0 Å². The zero-order valence-electron chi connectivity index (χ0n) is 11.5. The second-order valence-corrected chi connectivity index (χ2v) is 5.83. The van der Waals surface area contributed by atoms with Crippen molar-refractivity contribution in [3.8, 4) is 0 Å². The number of rotatable bonds is 5. The van der Waals surface area contributed by atoms with E-state index in [4.69, 9.17) is 11.6 Å². The maximum Gasteiger partial charge on any atom is 0.158 e. The summed E-state index contributed by atoms with van der Waals surface area (Å²) in [6, 6.07) is 0. The SMILES string of the molecule is CCc1nn(C)c2c1nc(CCl)n2CCc1nccs1. The summed E-state index contributed by atoms with van der Waals surface area (Å²) in [6.07, 6.45) is 3.60. The molecule has 5 nitrogen and oxygen atoms in total. The Labute approximate surface area is 126 Å². The van der Waals surface area contributed by atoms with Crippen molar-refractivity contribution in [1.29, 1.82) is 0 Å². The van der Waals surface area contributed by atoms with Gasteiger partial charge in [-0.25, -0.2) is 9.97 Å². The van der Waals surface area contributed by atoms with Gasteiger partial charge in [0.2, 0.25) is 0 Å². The Morgan fingerprint density at radius 1 is 1.40 bits per heavy atom. The monoisotopic (exact) mass is 309 g/mol. The van der Waals surface area contributed by atoms with Crippen molar-refractivity contribution in [3.05, 3.63) is 28.1 Å². The molecule has 0 amide bonds. The smallest absolute Gasteiger partial charge is 0.158 e. The van der Waals surface area contributed by atoms with Crippen molar-refractivity contribution in [2.45, 2.75) is 32.2 Å². The first-order valence-corrected chi connectivity index (χ1v) is 8.01. The van der Waals surface area contributed by atoms with E-state index >= 15 is 0 Å². The molecule has 0 radical (unpaired) electrons. The number of nitrogens with zero attached hydrogens (tertiary/aromatic N) is 5. The minimum Gasteiger partial charge on any atom is -0.311 e. The minimum atomic E-state index is 0.412. The van der Waals surface area contributed by atoms with E-state index in [0.29, 0.717) is 5.88 Å². The van der Waals surface area contributed by atoms with E-state index in [9.17, 15) is 0 Å². The fraction of sp³-hybridized carbons (Fsp3) is 0.462. The molecule has 0 N–H and O–H groups in total. The number of hydrogen-bond donors (Lipinski definition) is 0. The number of alkyl halides is 1. The summed E-state index contributed by atoms with van der Waals surface area (Å²) in [6.45, 7) is 2.92. The van der Waals surface area contributed by atoms with Crippen molar-refractivity contribution in [2.75, 3.05) is 0 Å². The molecule has 0 spiro atoms. The Hall–Kier alpha value is -1.40. The molecule has 0 aliphatic heterocycles. The first-order valence-electron chi connectivity index (χ1n) is 6.60. The fourth-order valence-corrected chi connectivity index (χ4v) is 3.26. The molecule has 3 rings (SSSR count). The Bertz CT molecular complexity index is 713. The maximum atomic E-state index is 6.04. The number of thiazole rings is 1. The van der Waals surface area contributed by atoms with Crippen LogP contribution in [0.4, 0.5) is 0 Å². The third kappa shape index (κ3) is 2.23. The Morgan fingerprint density at radius 3 is 2.90 bits per heavy atom. The van der Waals surface area contributed by atoms with E-state index < -0.39 is 0 Å². The van der Waals surface area contributed by atoms with Crippen LogP contribution in [0, 0.1) is 0 Å². The zero-order chi connectivity index (χ0) is 14.1. The van der Waals surface area contributed by atoms with Crippen LogP contribution in [-0.2, 0) is 32.3 Å². The lowest BCUT2D eigenvalue weighted by Gasteiger charge is -2.06. The average molecular weight is 310 g/mol. The average Bonchev–Trinajstić information content (AvgIpc) is 3.13. The molecule has 0 aliphatic rings. The predicted octanol–water partition coefficient (Wildman–Crippen LogP) is 2.77. The standard InChI is InChI=1S/C13H16ClN5S/c1-3-9-12-13(18(2)17-9)19(10(8-14)16-12)6-4-11-15-5-7-20-11/h5,7H,3-4,6,8H2,1-2H3. The van der Waals surface area contributed by atoms with Crippen molar-refractivity contribution < 1.29 is 0 Å². The molecule has 0 atom stereocenters. The van der Waals surface area contributed by atoms with Crippen LogP contribution in [0.25, 0.3) is 11.2 Å². The molecule has 3 aromatic heterocycles. The Morgan fingerprint density at radius 2 is 2.25 bits per heavy atom. The van der Waals surface area contributed by atoms with Gasteiger partial charge < -0.3 is 4.57 Å². The second-order valence-electron chi connectivity index (χ2n) is 4.59. The predicted molar refractivity (Wildman–Crippen MR) is 81.3 cm³/mol. The van der Waals surface area contributed by atoms with Crippen molar-refractivity contribution >= 4 is 34.1 Å². The lowest BCUT2D eigenvalue weighted by atomic mass is 10.3. The van der Waals surface area contributed by atoms with E-state index in [1.54, 1.807) is 11.3 Å². The highest BCUT2D eigenvalue weighted by Gasteiger charge is 2.17. The molecule has 106 valence electrons. The molecule has 0 aromatic carbocycles. The van der Waals surface area contributed by atoms with E-state index in [2.05, 4.69) is 26.6 Å². The quantitative estimate of drug-likeness (QED) is 0.681. The van der Waals surface area contributed by atoms with Gasteiger partial charge in [0.15, 0.2) is 5.65 Å². The first-order chi connectivity index (χ1) is 9.74. The Kier molecular flexibility index (Phi) is 3.76. The summed E-state index contributed by atoms with van der Waals surface area (Å²) in [4.78, 5) is 8.98. The molecule has 0 saturated carbocycles. The van der Waals surface area contributed by atoms with E-state index in [0.717, 1.165) is 47.1 Å². The van der Waals surface area contributed by atoms with Gasteiger partial charge in [0.25, 0.3) is 0 Å². The Balaban J connectivity index is 2.01. The highest BCUT2D eigenvalue weighted by atomic mass is 35.5. The van der Waals surface area contributed by atoms with Gasteiger partial charge in [0, 0.05) is 31.6 Å². The normalized spacial score (nSPS) is 11.6. The van der Waals surface area contributed by atoms with Crippen LogP contribution < -0.4 is 0 Å². The van der Waals surface area contributed by atoms with Crippen LogP contribution in [0.2, 0.25) is 0 Å². The highest BCUT2D eigenvalue weighted by Crippen LogP contribution is 2.21. The first kappa shape index (κ1) is 13.6. The molecule has 3 aromatic rings. The van der Waals surface area contributed by atoms with Gasteiger partial charge in [-0.3, -0.25) is 4.68 Å². The molecule has 20 heavy (non-hydrogen) atoms. The number of hydrogen-bond acceptors (Lipinski definition) is 4. The number of fused-ring (bicyclic) bond motifs is 1. The maximum absolute atomic E-state index is 6.04. The summed E-state index contributed by atoms with van der Waals surface area (Å²) in [5.41, 5.74) is 3.06. The largest absolute Gasteiger partial charge is 0.311 e. The fourth-order valence-electron chi connectivity index (χ4n) is 2.45. The third-order valence-electron chi connectivity index (χ3n) is 3.36. The summed E-state index contributed by atoms with van der Waals surface area (Å²) in [5, 5.41) is 7.66. The molecule has 0 aliphatic carbocycles. The molecule has 3 heterocycles. The van der Waals surface area contributed by atoms with Gasteiger partial charge in [0.1, 0.15) is 11.3 Å². The topological polar surface area (TPSA) is 48.5 Å². The summed E-state index contributed by atoms with van der Waals surface area (Å²) in [7, 11) is 1.96. The number of aryl methyl sites for hydroxylation is 4. The van der Waals surface area contributed by atoms with Crippen LogP contribution in [0.15, 0.2) is 11.6 Å². The molecule has 0 saturated heterocycles. The zero-order valence-corrected chi connectivity index (χ0v) is 13.1. The lowest BCUT2D eigenvalue weighted by Crippen LogP contribution is -2.08. The third-order valence-corrected chi connectivity index (χ3v) is 4.44. The number of halogens is 1. The van der Waals surface area contributed by atoms with Crippen LogP contribution in [-0.4, -0.2) is 24.3 Å². The minimum absolute atomic E-state index is 0.412. The van der Waals surface area contributed by atoms with Gasteiger partial charge in [-0.2, -0.15) is 5.10 Å². The lowest BCUT2D eigenvalue weighted by molar-refractivity contribution is 0.648. The molecular formula is C13H16ClN5S. The number of imidazole rings is 1. The van der Waals surface area contributed by atoms with Crippen LogP contribution in [0.1, 0.15) is 23.4 Å². The van der Waals surface area contributed by atoms with Crippen molar-refractivity contribution in [2.24, 2.45) is 7.05 Å². The van der Waals surface area contributed by atoms with E-state index in [-0.39, 0.29) is 0 Å². The van der Waals surface area contributed by atoms with Crippen molar-refractivity contribution in [1.82, 2.24) is 24.3 Å². The van der Waals surface area contributed by atoms with E-state index in [1.807, 2.05) is 23.3 Å². The van der Waals surface area contributed by atoms with Gasteiger partial charge in [-0.1, -0.05) is 6.92 Å². The molecule has 0 fully saturated rings. The van der Waals surface area contributed by atoms with Crippen LogP contribution in [0.5, 0.6) is 0 Å². The van der Waals surface area contributed by atoms with Gasteiger partial charge >= 0.3 is 0 Å². The summed E-state index contributed by atoms with van der Waals surface area (Å²) < 4.78 is 4.06. The molecular weight excluding hydrogens is 294 g/mol. The molecule has 7 heteroatoms. The van der Waals surface area contributed by atoms with Crippen LogP contribution in [0.3, 0.4) is 0 Å². The highest BCUT2D eigenvalue weighted by molar-refractivity contribution is 7.09. The number of aromatic nitrogens is 5. The van der Waals surface area contributed by atoms with Gasteiger partial charge in [-0.15, -0.1) is 22.9 Å². The summed E-state index contributed by atoms with van der Waals surface area (Å²) >= 11 is 7.72. The molecule has 0 unspecified atom stereocenters. The molecule has 0 bridgehead atoms. The van der Waals surface area contributed by atoms with Gasteiger partial charge in [0.05, 0.1) is 16.6 Å². The van der Waals surface area contributed by atoms with Crippen molar-refractivity contribution in [3.63, 3.8) is 0 Å². The van der Waals surface area contributed by atoms with Gasteiger partial charge in [-0.05, 0) is 6.42 Å². The second kappa shape index (κ2) is 5.54. The summed E-state index contributed by atoms with van der Waals surface area (Å²) in [5.74, 6) is 1.32. The van der Waals surface area contributed by atoms with Crippen LogP contribution >= 0.6 is 22.9 Å².